The Hall–Kier alpha value is -3.14. The lowest BCUT2D eigenvalue weighted by Gasteiger charge is -2.10. The molecule has 4 nitrogen and oxygen atoms in total. The van der Waals surface area contributed by atoms with Gasteiger partial charge in [0, 0.05) is 16.8 Å². The molecule has 0 unspecified atom stereocenters. The second kappa shape index (κ2) is 7.23. The zero-order valence-corrected chi connectivity index (χ0v) is 15.2. The van der Waals surface area contributed by atoms with Crippen molar-refractivity contribution in [3.8, 4) is 5.75 Å². The van der Waals surface area contributed by atoms with Gasteiger partial charge in [-0.05, 0) is 78.4 Å². The minimum absolute atomic E-state index is 0.163. The number of ether oxygens (including phenoxy) is 1. The number of rotatable bonds is 6. The number of anilines is 1. The quantitative estimate of drug-likeness (QED) is 0.630. The molecule has 1 N–H and O–H groups in total. The van der Waals surface area contributed by atoms with Gasteiger partial charge < -0.3 is 10.1 Å². The van der Waals surface area contributed by atoms with Crippen LogP contribution < -0.4 is 10.1 Å². The minimum Gasteiger partial charge on any atom is -0.493 e. The van der Waals surface area contributed by atoms with Crippen LogP contribution in [0.1, 0.15) is 39.1 Å². The van der Waals surface area contributed by atoms with Crippen molar-refractivity contribution in [2.24, 2.45) is 5.92 Å². The van der Waals surface area contributed by atoms with Crippen LogP contribution in [0.4, 0.5) is 5.69 Å². The fraction of sp³-hybridized carbons (Fsp3) is 0.217. The van der Waals surface area contributed by atoms with Crippen molar-refractivity contribution in [3.05, 3.63) is 71.3 Å². The molecule has 1 amide bonds. The van der Waals surface area contributed by atoms with E-state index in [1.165, 1.54) is 12.8 Å². The van der Waals surface area contributed by atoms with E-state index in [-0.39, 0.29) is 5.91 Å². The number of aryl methyl sites for hydroxylation is 1. The van der Waals surface area contributed by atoms with E-state index >= 15 is 0 Å². The topological polar surface area (TPSA) is 55.4 Å². The molecule has 1 aliphatic rings. The Balaban J connectivity index is 1.47. The maximum absolute atomic E-state index is 12.5. The molecule has 4 heteroatoms. The summed E-state index contributed by atoms with van der Waals surface area (Å²) < 4.78 is 5.70. The number of nitrogens with one attached hydrogen (secondary N) is 1. The number of benzene rings is 3. The SMILES string of the molecule is Cc1c(C=O)ccc2cc(NC(=O)c3ccc(OCC4CC4)cc3)ccc12. The average Bonchev–Trinajstić information content (AvgIpc) is 3.51. The van der Waals surface area contributed by atoms with Gasteiger partial charge in [0.2, 0.25) is 0 Å². The van der Waals surface area contributed by atoms with Crippen LogP contribution in [0, 0.1) is 12.8 Å². The Morgan fingerprint density at radius 2 is 1.89 bits per heavy atom. The van der Waals surface area contributed by atoms with Crippen molar-refractivity contribution in [1.82, 2.24) is 0 Å². The molecule has 0 radical (unpaired) electrons. The van der Waals surface area contributed by atoms with Gasteiger partial charge in [-0.25, -0.2) is 0 Å². The van der Waals surface area contributed by atoms with Gasteiger partial charge in [0.05, 0.1) is 6.61 Å². The predicted octanol–water partition coefficient (Wildman–Crippen LogP) is 5.00. The van der Waals surface area contributed by atoms with Gasteiger partial charge in [-0.2, -0.15) is 0 Å². The van der Waals surface area contributed by atoms with E-state index in [1.54, 1.807) is 18.2 Å². The monoisotopic (exact) mass is 359 g/mol. The summed E-state index contributed by atoms with van der Waals surface area (Å²) in [5.74, 6) is 1.34. The largest absolute Gasteiger partial charge is 0.493 e. The minimum atomic E-state index is -0.163. The molecular formula is C23H21NO3. The highest BCUT2D eigenvalue weighted by atomic mass is 16.5. The standard InChI is InChI=1S/C23H21NO3/c1-15-19(13-25)5-4-18-12-20(8-11-22(15)18)24-23(26)17-6-9-21(10-7-17)27-14-16-2-3-16/h4-13,16H,2-3,14H2,1H3,(H,24,26). The molecule has 0 aromatic heterocycles. The van der Waals surface area contributed by atoms with Crippen LogP contribution >= 0.6 is 0 Å². The third kappa shape index (κ3) is 3.85. The molecule has 1 saturated carbocycles. The lowest BCUT2D eigenvalue weighted by molar-refractivity contribution is 0.102. The Kier molecular flexibility index (Phi) is 4.63. The number of carbonyl (C=O) groups excluding carboxylic acids is 2. The summed E-state index contributed by atoms with van der Waals surface area (Å²) in [4.78, 5) is 23.6. The van der Waals surface area contributed by atoms with Crippen molar-refractivity contribution in [2.45, 2.75) is 19.8 Å². The molecule has 0 aliphatic heterocycles. The van der Waals surface area contributed by atoms with Crippen LogP contribution in [-0.4, -0.2) is 18.8 Å². The van der Waals surface area contributed by atoms with E-state index in [0.29, 0.717) is 17.0 Å². The molecule has 0 spiro atoms. The molecule has 1 aliphatic carbocycles. The Morgan fingerprint density at radius 1 is 1.11 bits per heavy atom. The van der Waals surface area contributed by atoms with Crippen LogP contribution in [0.15, 0.2) is 54.6 Å². The normalized spacial score (nSPS) is 13.4. The zero-order chi connectivity index (χ0) is 18.8. The van der Waals surface area contributed by atoms with E-state index in [4.69, 9.17) is 4.74 Å². The Labute approximate surface area is 158 Å². The average molecular weight is 359 g/mol. The van der Waals surface area contributed by atoms with Crippen molar-refractivity contribution in [2.75, 3.05) is 11.9 Å². The number of aldehydes is 1. The lowest BCUT2D eigenvalue weighted by Crippen LogP contribution is -2.11. The molecule has 0 heterocycles. The van der Waals surface area contributed by atoms with Crippen LogP contribution in [0.3, 0.4) is 0 Å². The summed E-state index contributed by atoms with van der Waals surface area (Å²) in [5.41, 5.74) is 2.94. The molecule has 4 rings (SSSR count). The fourth-order valence-corrected chi connectivity index (χ4v) is 3.11. The molecule has 0 bridgehead atoms. The van der Waals surface area contributed by atoms with Crippen molar-refractivity contribution < 1.29 is 14.3 Å². The van der Waals surface area contributed by atoms with Gasteiger partial charge in [0.15, 0.2) is 0 Å². The maximum Gasteiger partial charge on any atom is 0.255 e. The number of fused-ring (bicyclic) bond motifs is 1. The molecule has 3 aromatic rings. The summed E-state index contributed by atoms with van der Waals surface area (Å²) in [5, 5.41) is 4.92. The number of carbonyl (C=O) groups is 2. The van der Waals surface area contributed by atoms with Gasteiger partial charge in [-0.3, -0.25) is 9.59 Å². The van der Waals surface area contributed by atoms with E-state index < -0.39 is 0 Å². The highest BCUT2D eigenvalue weighted by molar-refractivity contribution is 6.05. The summed E-state index contributed by atoms with van der Waals surface area (Å²) in [6.45, 7) is 2.69. The van der Waals surface area contributed by atoms with E-state index in [2.05, 4.69) is 5.32 Å². The first kappa shape index (κ1) is 17.3. The van der Waals surface area contributed by atoms with Crippen LogP contribution in [-0.2, 0) is 0 Å². The first-order valence-electron chi connectivity index (χ1n) is 9.17. The van der Waals surface area contributed by atoms with Crippen LogP contribution in [0.2, 0.25) is 0 Å². The first-order chi connectivity index (χ1) is 13.1. The van der Waals surface area contributed by atoms with E-state index in [1.807, 2.05) is 43.3 Å². The van der Waals surface area contributed by atoms with Gasteiger partial charge in [0.1, 0.15) is 12.0 Å². The van der Waals surface area contributed by atoms with Crippen molar-refractivity contribution in [3.63, 3.8) is 0 Å². The van der Waals surface area contributed by atoms with Gasteiger partial charge in [-0.1, -0.05) is 18.2 Å². The highest BCUT2D eigenvalue weighted by Crippen LogP contribution is 2.29. The number of hydrogen-bond donors (Lipinski definition) is 1. The molecule has 0 atom stereocenters. The number of amides is 1. The smallest absolute Gasteiger partial charge is 0.255 e. The summed E-state index contributed by atoms with van der Waals surface area (Å²) in [7, 11) is 0. The van der Waals surface area contributed by atoms with Crippen LogP contribution in [0.5, 0.6) is 5.75 Å². The molecule has 3 aromatic carbocycles. The molecule has 0 saturated heterocycles. The highest BCUT2D eigenvalue weighted by Gasteiger charge is 2.21. The second-order valence-corrected chi connectivity index (χ2v) is 7.07. The Bertz CT molecular complexity index is 1000. The summed E-state index contributed by atoms with van der Waals surface area (Å²) in [6.07, 6.45) is 3.37. The third-order valence-corrected chi connectivity index (χ3v) is 5.02. The van der Waals surface area contributed by atoms with E-state index in [0.717, 1.165) is 40.7 Å². The van der Waals surface area contributed by atoms with Crippen molar-refractivity contribution >= 4 is 28.7 Å². The van der Waals surface area contributed by atoms with Crippen molar-refractivity contribution in [1.29, 1.82) is 0 Å². The summed E-state index contributed by atoms with van der Waals surface area (Å²) in [6, 6.07) is 16.6. The number of hydrogen-bond acceptors (Lipinski definition) is 3. The van der Waals surface area contributed by atoms with Gasteiger partial charge in [-0.15, -0.1) is 0 Å². The maximum atomic E-state index is 12.5. The Morgan fingerprint density at radius 3 is 2.59 bits per heavy atom. The van der Waals surface area contributed by atoms with Crippen LogP contribution in [0.25, 0.3) is 10.8 Å². The van der Waals surface area contributed by atoms with Gasteiger partial charge in [0.25, 0.3) is 5.91 Å². The molecule has 136 valence electrons. The second-order valence-electron chi connectivity index (χ2n) is 7.07. The molecule has 27 heavy (non-hydrogen) atoms. The predicted molar refractivity (Wildman–Crippen MR) is 107 cm³/mol. The van der Waals surface area contributed by atoms with Gasteiger partial charge >= 0.3 is 0 Å². The molecule has 1 fully saturated rings. The summed E-state index contributed by atoms with van der Waals surface area (Å²) >= 11 is 0. The lowest BCUT2D eigenvalue weighted by atomic mass is 10.0. The first-order valence-corrected chi connectivity index (χ1v) is 9.17. The fourth-order valence-electron chi connectivity index (χ4n) is 3.11. The molecular weight excluding hydrogens is 338 g/mol. The third-order valence-electron chi connectivity index (χ3n) is 5.02. The van der Waals surface area contributed by atoms with E-state index in [9.17, 15) is 9.59 Å². The zero-order valence-electron chi connectivity index (χ0n) is 15.2.